The van der Waals surface area contributed by atoms with Crippen LogP contribution in [0.2, 0.25) is 0 Å². The van der Waals surface area contributed by atoms with Crippen molar-refractivity contribution in [1.29, 1.82) is 5.26 Å². The lowest BCUT2D eigenvalue weighted by molar-refractivity contribution is 0.100. The molecule has 6 heteroatoms. The van der Waals surface area contributed by atoms with E-state index in [4.69, 9.17) is 10.8 Å². The number of azide groups is 1. The van der Waals surface area contributed by atoms with Gasteiger partial charge in [0, 0.05) is 9.79 Å². The number of nitriles is 1. The fourth-order valence-electron chi connectivity index (χ4n) is 1.41. The molecule has 1 amide bonds. The largest absolute Gasteiger partial charge is 0.286 e. The van der Waals surface area contributed by atoms with Gasteiger partial charge in [-0.3, -0.25) is 4.79 Å². The Morgan fingerprint density at radius 3 is 2.61 bits per heavy atom. The molecular formula is C12H6N4OS. The van der Waals surface area contributed by atoms with Crippen molar-refractivity contribution >= 4 is 17.2 Å². The van der Waals surface area contributed by atoms with Gasteiger partial charge in [0.2, 0.25) is 0 Å². The Hall–Kier alpha value is -2.61. The minimum Gasteiger partial charge on any atom is -0.286 e. The lowest BCUT2D eigenvalue weighted by Crippen LogP contribution is -1.86. The van der Waals surface area contributed by atoms with Crippen molar-refractivity contribution in [1.82, 2.24) is 0 Å². The van der Waals surface area contributed by atoms with E-state index < -0.39 is 5.91 Å². The molecule has 0 saturated heterocycles. The second-order valence-corrected chi connectivity index (χ2v) is 4.43. The highest BCUT2D eigenvalue weighted by molar-refractivity contribution is 7.17. The van der Waals surface area contributed by atoms with Crippen molar-refractivity contribution in [3.8, 4) is 16.5 Å². The van der Waals surface area contributed by atoms with Crippen LogP contribution in [-0.2, 0) is 0 Å². The number of rotatable bonds is 2. The molecule has 5 nitrogen and oxygen atoms in total. The molecule has 0 atom stereocenters. The molecule has 2 rings (SSSR count). The van der Waals surface area contributed by atoms with Gasteiger partial charge in [-0.2, -0.15) is 5.26 Å². The van der Waals surface area contributed by atoms with Gasteiger partial charge in [-0.25, -0.2) is 0 Å². The van der Waals surface area contributed by atoms with Crippen LogP contribution >= 0.6 is 11.3 Å². The third kappa shape index (κ3) is 2.38. The van der Waals surface area contributed by atoms with E-state index in [1.807, 2.05) is 18.2 Å². The van der Waals surface area contributed by atoms with Crippen molar-refractivity contribution in [3.63, 3.8) is 0 Å². The van der Waals surface area contributed by atoms with Gasteiger partial charge >= 0.3 is 0 Å². The summed E-state index contributed by atoms with van der Waals surface area (Å²) in [6.45, 7) is 0. The number of hydrogen-bond acceptors (Lipinski definition) is 3. The molecule has 0 aliphatic rings. The van der Waals surface area contributed by atoms with Crippen LogP contribution in [0.1, 0.15) is 15.2 Å². The van der Waals surface area contributed by atoms with Crippen molar-refractivity contribution in [2.24, 2.45) is 5.11 Å². The van der Waals surface area contributed by atoms with Crippen molar-refractivity contribution in [2.45, 2.75) is 0 Å². The van der Waals surface area contributed by atoms with E-state index >= 15 is 0 Å². The molecule has 0 fully saturated rings. The summed E-state index contributed by atoms with van der Waals surface area (Å²) in [6.07, 6.45) is 0. The second-order valence-electron chi connectivity index (χ2n) is 3.35. The van der Waals surface area contributed by atoms with Crippen molar-refractivity contribution in [2.75, 3.05) is 0 Å². The Bertz CT molecular complexity index is 675. The molecule has 1 aromatic carbocycles. The van der Waals surface area contributed by atoms with E-state index in [1.54, 1.807) is 24.3 Å². The summed E-state index contributed by atoms with van der Waals surface area (Å²) >= 11 is 1.25. The highest BCUT2D eigenvalue weighted by Gasteiger charge is 2.08. The molecule has 0 unspecified atom stereocenters. The fraction of sp³-hybridized carbons (Fsp3) is 0. The van der Waals surface area contributed by atoms with E-state index in [9.17, 15) is 4.79 Å². The zero-order valence-corrected chi connectivity index (χ0v) is 9.89. The first-order valence-corrected chi connectivity index (χ1v) is 5.76. The highest BCUT2D eigenvalue weighted by atomic mass is 32.1. The number of nitrogens with zero attached hydrogens (tertiary/aromatic N) is 4. The van der Waals surface area contributed by atoms with Gasteiger partial charge in [-0.15, -0.1) is 11.3 Å². The summed E-state index contributed by atoms with van der Waals surface area (Å²) in [6, 6.07) is 12.5. The summed E-state index contributed by atoms with van der Waals surface area (Å²) in [5.74, 6) is -0.581. The summed E-state index contributed by atoms with van der Waals surface area (Å²) in [4.78, 5) is 15.1. The van der Waals surface area contributed by atoms with Gasteiger partial charge in [-0.1, -0.05) is 12.1 Å². The Labute approximate surface area is 107 Å². The van der Waals surface area contributed by atoms with Gasteiger partial charge < -0.3 is 0 Å². The van der Waals surface area contributed by atoms with Crippen LogP contribution in [0.25, 0.3) is 20.9 Å². The Morgan fingerprint density at radius 1 is 1.28 bits per heavy atom. The third-order valence-electron chi connectivity index (χ3n) is 2.25. The van der Waals surface area contributed by atoms with E-state index in [2.05, 4.69) is 10.0 Å². The van der Waals surface area contributed by atoms with Gasteiger partial charge in [0.25, 0.3) is 5.91 Å². The molecule has 86 valence electrons. The molecule has 0 aliphatic carbocycles. The summed E-state index contributed by atoms with van der Waals surface area (Å²) in [5, 5.41) is 11.7. The number of thiophene rings is 1. The van der Waals surface area contributed by atoms with Crippen molar-refractivity contribution < 1.29 is 4.79 Å². The number of carbonyl (C=O) groups is 1. The topological polar surface area (TPSA) is 89.6 Å². The number of amides is 1. The average molecular weight is 254 g/mol. The summed E-state index contributed by atoms with van der Waals surface area (Å²) < 4.78 is 0. The van der Waals surface area contributed by atoms with Gasteiger partial charge in [-0.05, 0) is 40.5 Å². The maximum Gasteiger partial charge on any atom is 0.259 e. The van der Waals surface area contributed by atoms with Crippen molar-refractivity contribution in [3.05, 3.63) is 57.3 Å². The van der Waals surface area contributed by atoms with Crippen LogP contribution in [0.5, 0.6) is 0 Å². The standard InChI is InChI=1S/C12H6N4OS/c13-7-8-1-3-9(4-2-8)10-5-6-11(18-10)12(17)15-16-14/h1-6H. The first kappa shape index (κ1) is 11.9. The van der Waals surface area contributed by atoms with Gasteiger partial charge in [0.15, 0.2) is 0 Å². The molecule has 1 heterocycles. The minimum absolute atomic E-state index is 0.396. The van der Waals surface area contributed by atoms with Gasteiger partial charge in [0.05, 0.1) is 16.5 Å². The normalized spacial score (nSPS) is 9.28. The number of carbonyl (C=O) groups excluding carboxylic acids is 1. The zero-order valence-electron chi connectivity index (χ0n) is 9.07. The number of benzene rings is 1. The molecule has 0 bridgehead atoms. The SMILES string of the molecule is N#Cc1ccc(-c2ccc(C(=O)N=[N+]=[N-])s2)cc1. The molecular weight excluding hydrogens is 248 g/mol. The molecule has 2 aromatic rings. The van der Waals surface area contributed by atoms with Crippen LogP contribution in [0.3, 0.4) is 0 Å². The molecule has 18 heavy (non-hydrogen) atoms. The van der Waals surface area contributed by atoms with Crippen LogP contribution < -0.4 is 0 Å². The zero-order chi connectivity index (χ0) is 13.0. The summed E-state index contributed by atoms with van der Waals surface area (Å²) in [5.41, 5.74) is 9.69. The summed E-state index contributed by atoms with van der Waals surface area (Å²) in [7, 11) is 0. The Kier molecular flexibility index (Phi) is 3.39. The minimum atomic E-state index is -0.581. The Balaban J connectivity index is 2.32. The van der Waals surface area contributed by atoms with E-state index in [1.165, 1.54) is 11.3 Å². The molecule has 0 saturated carbocycles. The Morgan fingerprint density at radius 2 is 2.00 bits per heavy atom. The van der Waals surface area contributed by atoms with E-state index in [0.29, 0.717) is 10.4 Å². The second kappa shape index (κ2) is 5.15. The quantitative estimate of drug-likeness (QED) is 0.464. The average Bonchev–Trinajstić information content (AvgIpc) is 2.89. The van der Waals surface area contributed by atoms with Crippen LogP contribution in [0.4, 0.5) is 0 Å². The smallest absolute Gasteiger partial charge is 0.259 e. The maximum absolute atomic E-state index is 11.3. The molecule has 0 aliphatic heterocycles. The maximum atomic E-state index is 11.3. The predicted octanol–water partition coefficient (Wildman–Crippen LogP) is 3.74. The van der Waals surface area contributed by atoms with E-state index in [-0.39, 0.29) is 0 Å². The number of hydrogen-bond donors (Lipinski definition) is 0. The van der Waals surface area contributed by atoms with E-state index in [0.717, 1.165) is 10.4 Å². The molecule has 1 aromatic heterocycles. The van der Waals surface area contributed by atoms with Gasteiger partial charge in [0.1, 0.15) is 0 Å². The lowest BCUT2D eigenvalue weighted by Gasteiger charge is -1.96. The first-order valence-electron chi connectivity index (χ1n) is 4.94. The van der Waals surface area contributed by atoms with Crippen LogP contribution in [0.15, 0.2) is 41.5 Å². The third-order valence-corrected chi connectivity index (χ3v) is 3.37. The van der Waals surface area contributed by atoms with Crippen LogP contribution in [-0.4, -0.2) is 5.91 Å². The molecule has 0 radical (unpaired) electrons. The molecule has 0 spiro atoms. The monoisotopic (exact) mass is 254 g/mol. The fourth-order valence-corrected chi connectivity index (χ4v) is 2.30. The highest BCUT2D eigenvalue weighted by Crippen LogP contribution is 2.28. The first-order chi connectivity index (χ1) is 8.74. The lowest BCUT2D eigenvalue weighted by atomic mass is 10.1. The molecule has 0 N–H and O–H groups in total. The predicted molar refractivity (Wildman–Crippen MR) is 67.9 cm³/mol. The van der Waals surface area contributed by atoms with Crippen LogP contribution in [0, 0.1) is 11.3 Å².